The van der Waals surface area contributed by atoms with Crippen molar-refractivity contribution in [1.29, 1.82) is 0 Å². The first kappa shape index (κ1) is 13.1. The van der Waals surface area contributed by atoms with Gasteiger partial charge in [0, 0.05) is 6.04 Å². The van der Waals surface area contributed by atoms with E-state index in [4.69, 9.17) is 0 Å². The molecule has 18 heavy (non-hydrogen) atoms. The average molecular weight is 246 g/mol. The zero-order chi connectivity index (χ0) is 13.0. The van der Waals surface area contributed by atoms with Crippen LogP contribution in [0.15, 0.2) is 24.3 Å². The molecule has 2 unspecified atom stereocenters. The number of aryl methyl sites for hydroxylation is 1. The third-order valence-corrected chi connectivity index (χ3v) is 3.68. The van der Waals surface area contributed by atoms with Crippen molar-refractivity contribution in [3.63, 3.8) is 0 Å². The molecule has 1 aromatic carbocycles. The van der Waals surface area contributed by atoms with Crippen LogP contribution in [0.2, 0.25) is 0 Å². The lowest BCUT2D eigenvalue weighted by Gasteiger charge is -2.19. The van der Waals surface area contributed by atoms with E-state index in [0.29, 0.717) is 12.3 Å². The van der Waals surface area contributed by atoms with E-state index in [1.807, 2.05) is 24.3 Å². The van der Waals surface area contributed by atoms with Gasteiger partial charge in [0.2, 0.25) is 5.91 Å². The minimum absolute atomic E-state index is 0.123. The van der Waals surface area contributed by atoms with Gasteiger partial charge < -0.3 is 10.6 Å². The maximum atomic E-state index is 11.9. The van der Waals surface area contributed by atoms with Crippen LogP contribution < -0.4 is 10.6 Å². The zero-order valence-electron chi connectivity index (χ0n) is 11.2. The first-order valence-electron chi connectivity index (χ1n) is 6.71. The molecule has 1 aromatic rings. The lowest BCUT2D eigenvalue weighted by molar-refractivity contribution is -0.121. The van der Waals surface area contributed by atoms with Crippen molar-refractivity contribution in [3.05, 3.63) is 35.4 Å². The van der Waals surface area contributed by atoms with E-state index in [1.54, 1.807) is 0 Å². The molecule has 2 N–H and O–H groups in total. The van der Waals surface area contributed by atoms with E-state index < -0.39 is 0 Å². The number of amides is 1. The molecule has 1 heterocycles. The Morgan fingerprint density at radius 2 is 2.17 bits per heavy atom. The Bertz CT molecular complexity index is 393. The molecule has 2 atom stereocenters. The largest absolute Gasteiger partial charge is 0.353 e. The van der Waals surface area contributed by atoms with Crippen molar-refractivity contribution in [2.24, 2.45) is 5.92 Å². The Labute approximate surface area is 109 Å². The molecule has 0 aliphatic carbocycles. The fourth-order valence-electron chi connectivity index (χ4n) is 2.42. The van der Waals surface area contributed by atoms with Crippen molar-refractivity contribution in [2.45, 2.75) is 32.7 Å². The first-order valence-corrected chi connectivity index (χ1v) is 6.71. The topological polar surface area (TPSA) is 41.1 Å². The molecule has 0 spiro atoms. The molecule has 3 heteroatoms. The molecule has 0 aromatic heterocycles. The van der Waals surface area contributed by atoms with Gasteiger partial charge in [0.1, 0.15) is 0 Å². The lowest BCUT2D eigenvalue weighted by atomic mass is 10.00. The van der Waals surface area contributed by atoms with E-state index in [0.717, 1.165) is 25.1 Å². The number of carbonyl (C=O) groups is 1. The smallest absolute Gasteiger partial charge is 0.224 e. The molecule has 0 bridgehead atoms. The second-order valence-corrected chi connectivity index (χ2v) is 5.27. The molecule has 1 aliphatic rings. The van der Waals surface area contributed by atoms with Gasteiger partial charge in [-0.1, -0.05) is 29.8 Å². The molecule has 1 aliphatic heterocycles. The molecular weight excluding hydrogens is 224 g/mol. The quantitative estimate of drug-likeness (QED) is 0.848. The first-order chi connectivity index (χ1) is 8.65. The summed E-state index contributed by atoms with van der Waals surface area (Å²) in [4.78, 5) is 11.9. The second-order valence-electron chi connectivity index (χ2n) is 5.27. The van der Waals surface area contributed by atoms with Crippen molar-refractivity contribution < 1.29 is 4.79 Å². The summed E-state index contributed by atoms with van der Waals surface area (Å²) in [6.07, 6.45) is 1.64. The van der Waals surface area contributed by atoms with Gasteiger partial charge in [-0.25, -0.2) is 0 Å². The van der Waals surface area contributed by atoms with Gasteiger partial charge in [-0.05, 0) is 44.8 Å². The highest BCUT2D eigenvalue weighted by Crippen LogP contribution is 2.12. The van der Waals surface area contributed by atoms with Crippen LogP contribution in [0.3, 0.4) is 0 Å². The van der Waals surface area contributed by atoms with Crippen LogP contribution in [0.4, 0.5) is 0 Å². The number of rotatable bonds is 4. The molecular formula is C15H22N2O. The second kappa shape index (κ2) is 6.01. The predicted molar refractivity (Wildman–Crippen MR) is 73.5 cm³/mol. The van der Waals surface area contributed by atoms with Crippen LogP contribution in [0.1, 0.15) is 24.5 Å². The summed E-state index contributed by atoms with van der Waals surface area (Å²) in [5.41, 5.74) is 2.31. The zero-order valence-corrected chi connectivity index (χ0v) is 11.2. The Kier molecular flexibility index (Phi) is 4.37. The molecule has 98 valence electrons. The van der Waals surface area contributed by atoms with Gasteiger partial charge in [-0.3, -0.25) is 4.79 Å². The number of hydrogen-bond donors (Lipinski definition) is 2. The van der Waals surface area contributed by atoms with Crippen LogP contribution in [-0.2, 0) is 11.2 Å². The van der Waals surface area contributed by atoms with Gasteiger partial charge in [0.05, 0.1) is 6.42 Å². The van der Waals surface area contributed by atoms with Crippen molar-refractivity contribution in [1.82, 2.24) is 10.6 Å². The molecule has 1 fully saturated rings. The van der Waals surface area contributed by atoms with Crippen LogP contribution in [0, 0.1) is 12.8 Å². The fourth-order valence-corrected chi connectivity index (χ4v) is 2.42. The van der Waals surface area contributed by atoms with Gasteiger partial charge in [0.15, 0.2) is 0 Å². The minimum atomic E-state index is 0.123. The standard InChI is InChI=1S/C15H22N2O/c1-11-3-5-13(6-4-11)9-15(18)17-12(2)14-7-8-16-10-14/h3-6,12,14,16H,7-10H2,1-2H3,(H,17,18). The van der Waals surface area contributed by atoms with E-state index in [1.165, 1.54) is 5.56 Å². The van der Waals surface area contributed by atoms with Crippen molar-refractivity contribution >= 4 is 5.91 Å². The molecule has 0 radical (unpaired) electrons. The summed E-state index contributed by atoms with van der Waals surface area (Å²) in [6, 6.07) is 8.41. The van der Waals surface area contributed by atoms with Crippen LogP contribution in [-0.4, -0.2) is 25.0 Å². The Hall–Kier alpha value is -1.35. The number of carbonyl (C=O) groups excluding carboxylic acids is 1. The third-order valence-electron chi connectivity index (χ3n) is 3.68. The van der Waals surface area contributed by atoms with Gasteiger partial charge >= 0.3 is 0 Å². The van der Waals surface area contributed by atoms with E-state index in [2.05, 4.69) is 24.5 Å². The highest BCUT2D eigenvalue weighted by atomic mass is 16.1. The van der Waals surface area contributed by atoms with E-state index in [-0.39, 0.29) is 11.9 Å². The fraction of sp³-hybridized carbons (Fsp3) is 0.533. The Morgan fingerprint density at radius 1 is 1.44 bits per heavy atom. The maximum absolute atomic E-state index is 11.9. The average Bonchev–Trinajstić information content (AvgIpc) is 2.85. The summed E-state index contributed by atoms with van der Waals surface area (Å²) in [7, 11) is 0. The normalized spacial score (nSPS) is 20.7. The lowest BCUT2D eigenvalue weighted by Crippen LogP contribution is -2.39. The third kappa shape index (κ3) is 3.57. The summed E-state index contributed by atoms with van der Waals surface area (Å²) in [5.74, 6) is 0.699. The Balaban J connectivity index is 1.82. The number of benzene rings is 1. The van der Waals surface area contributed by atoms with E-state index >= 15 is 0 Å². The summed E-state index contributed by atoms with van der Waals surface area (Å²) >= 11 is 0. The molecule has 2 rings (SSSR count). The van der Waals surface area contributed by atoms with Gasteiger partial charge in [-0.15, -0.1) is 0 Å². The summed E-state index contributed by atoms with van der Waals surface area (Å²) < 4.78 is 0. The summed E-state index contributed by atoms with van der Waals surface area (Å²) in [5, 5.41) is 6.44. The van der Waals surface area contributed by atoms with Crippen LogP contribution in [0.5, 0.6) is 0 Å². The van der Waals surface area contributed by atoms with Crippen molar-refractivity contribution in [2.75, 3.05) is 13.1 Å². The van der Waals surface area contributed by atoms with E-state index in [9.17, 15) is 4.79 Å². The van der Waals surface area contributed by atoms with Gasteiger partial charge in [-0.2, -0.15) is 0 Å². The highest BCUT2D eigenvalue weighted by Gasteiger charge is 2.22. The Morgan fingerprint density at radius 3 is 2.78 bits per heavy atom. The van der Waals surface area contributed by atoms with Crippen LogP contribution in [0.25, 0.3) is 0 Å². The molecule has 3 nitrogen and oxygen atoms in total. The summed E-state index contributed by atoms with van der Waals surface area (Å²) in [6.45, 7) is 6.25. The van der Waals surface area contributed by atoms with Gasteiger partial charge in [0.25, 0.3) is 0 Å². The SMILES string of the molecule is Cc1ccc(CC(=O)NC(C)C2CCNC2)cc1. The molecule has 0 saturated carbocycles. The molecule has 1 amide bonds. The van der Waals surface area contributed by atoms with Crippen LogP contribution >= 0.6 is 0 Å². The minimum Gasteiger partial charge on any atom is -0.353 e. The highest BCUT2D eigenvalue weighted by molar-refractivity contribution is 5.78. The predicted octanol–water partition coefficient (Wildman–Crippen LogP) is 1.65. The van der Waals surface area contributed by atoms with Crippen molar-refractivity contribution in [3.8, 4) is 0 Å². The number of nitrogens with one attached hydrogen (secondary N) is 2. The molecule has 1 saturated heterocycles. The maximum Gasteiger partial charge on any atom is 0.224 e. The number of hydrogen-bond acceptors (Lipinski definition) is 2. The monoisotopic (exact) mass is 246 g/mol.